The Morgan fingerprint density at radius 2 is 1.86 bits per heavy atom. The number of anilines is 1. The van der Waals surface area contributed by atoms with Crippen LogP contribution in [0.15, 0.2) is 40.3 Å². The molecule has 1 unspecified atom stereocenters. The summed E-state index contributed by atoms with van der Waals surface area (Å²) < 4.78 is 48.5. The largest absolute Gasteiger partial charge is 0.573 e. The van der Waals surface area contributed by atoms with E-state index in [0.717, 1.165) is 12.1 Å². The first-order chi connectivity index (χ1) is 13.5. The van der Waals surface area contributed by atoms with E-state index in [2.05, 4.69) is 15.2 Å². The number of H-pyrrole nitrogens is 1. The van der Waals surface area contributed by atoms with Crippen molar-refractivity contribution in [3.63, 3.8) is 0 Å². The molecule has 10 heteroatoms. The Hall–Kier alpha value is -3.01. The number of halogens is 3. The molecule has 1 atom stereocenters. The molecule has 0 aliphatic carbocycles. The maximum Gasteiger partial charge on any atom is 0.573 e. The summed E-state index contributed by atoms with van der Waals surface area (Å²) in [4.78, 5) is 25.7. The molecule has 2 aliphatic rings. The summed E-state index contributed by atoms with van der Waals surface area (Å²) in [5.74, 6) is -0.946. The van der Waals surface area contributed by atoms with Gasteiger partial charge in [0, 0.05) is 18.5 Å². The van der Waals surface area contributed by atoms with Crippen molar-refractivity contribution in [3.05, 3.63) is 57.0 Å². The first kappa shape index (κ1) is 19.3. The van der Waals surface area contributed by atoms with Gasteiger partial charge in [-0.05, 0) is 31.5 Å². The second kappa shape index (κ2) is 6.24. The van der Waals surface area contributed by atoms with Crippen molar-refractivity contribution >= 4 is 11.6 Å². The fourth-order valence-electron chi connectivity index (χ4n) is 3.72. The molecule has 0 saturated carbocycles. The Bertz CT molecular complexity index is 1080. The molecule has 1 aromatic carbocycles. The molecule has 0 amide bonds. The van der Waals surface area contributed by atoms with Gasteiger partial charge in [0.1, 0.15) is 17.2 Å². The first-order valence-electron chi connectivity index (χ1n) is 8.81. The molecule has 2 N–H and O–H groups in total. The van der Waals surface area contributed by atoms with E-state index in [0.29, 0.717) is 28.2 Å². The fraction of sp³-hybridized carbons (Fsp3) is 0.368. The minimum absolute atomic E-state index is 0.138. The van der Waals surface area contributed by atoms with E-state index in [9.17, 15) is 22.8 Å². The van der Waals surface area contributed by atoms with Crippen molar-refractivity contribution in [1.29, 1.82) is 0 Å². The quantitative estimate of drug-likeness (QED) is 0.797. The van der Waals surface area contributed by atoms with Gasteiger partial charge in [-0.1, -0.05) is 12.1 Å². The maximum absolute atomic E-state index is 13.1. The van der Waals surface area contributed by atoms with Gasteiger partial charge in [0.2, 0.25) is 0 Å². The highest BCUT2D eigenvalue weighted by molar-refractivity contribution is 6.06. The summed E-state index contributed by atoms with van der Waals surface area (Å²) >= 11 is 0. The third-order valence-corrected chi connectivity index (χ3v) is 5.09. The molecule has 3 heterocycles. The molecule has 0 saturated heterocycles. The zero-order valence-corrected chi connectivity index (χ0v) is 15.8. The highest BCUT2D eigenvalue weighted by Gasteiger charge is 2.45. The van der Waals surface area contributed by atoms with Gasteiger partial charge in [0.25, 0.3) is 5.56 Å². The van der Waals surface area contributed by atoms with Crippen molar-refractivity contribution in [2.75, 3.05) is 11.9 Å². The number of ether oxygens (including phenoxy) is 2. The summed E-state index contributed by atoms with van der Waals surface area (Å²) in [6.45, 7) is 3.42. The molecule has 2 aromatic rings. The van der Waals surface area contributed by atoms with Gasteiger partial charge >= 0.3 is 6.36 Å². The summed E-state index contributed by atoms with van der Waals surface area (Å²) in [6, 6.07) is 5.18. The topological polar surface area (TPSA) is 85.4 Å². The smallest absolute Gasteiger partial charge is 0.406 e. The molecule has 4 rings (SSSR count). The minimum Gasteiger partial charge on any atom is -0.406 e. The molecule has 0 fully saturated rings. The molecule has 7 nitrogen and oxygen atoms in total. The SMILES string of the molecule is Cn1[nH]c(=O)c2c1NC1=C(C(=O)C(C)(C)OC1)C2c1ccc(OC(F)(F)F)cc1. The van der Waals surface area contributed by atoms with E-state index >= 15 is 0 Å². The van der Waals surface area contributed by atoms with Gasteiger partial charge in [-0.15, -0.1) is 13.2 Å². The van der Waals surface area contributed by atoms with Crippen LogP contribution in [0.3, 0.4) is 0 Å². The van der Waals surface area contributed by atoms with Crippen molar-refractivity contribution in [2.24, 2.45) is 7.05 Å². The van der Waals surface area contributed by atoms with E-state index in [1.165, 1.54) is 16.8 Å². The minimum atomic E-state index is -4.81. The number of fused-ring (bicyclic) bond motifs is 1. The third kappa shape index (κ3) is 3.23. The van der Waals surface area contributed by atoms with E-state index in [4.69, 9.17) is 4.74 Å². The number of hydrogen-bond acceptors (Lipinski definition) is 5. The van der Waals surface area contributed by atoms with Crippen LogP contribution >= 0.6 is 0 Å². The average molecular weight is 409 g/mol. The lowest BCUT2D eigenvalue weighted by molar-refractivity contribution is -0.274. The van der Waals surface area contributed by atoms with Gasteiger partial charge in [0.05, 0.1) is 17.9 Å². The predicted molar refractivity (Wildman–Crippen MR) is 96.7 cm³/mol. The molecule has 2 aliphatic heterocycles. The molecular formula is C19H18F3N3O4. The first-order valence-corrected chi connectivity index (χ1v) is 8.81. The summed E-state index contributed by atoms with van der Waals surface area (Å²) in [5, 5.41) is 5.74. The van der Waals surface area contributed by atoms with Crippen LogP contribution in [0, 0.1) is 0 Å². The standard InChI is InChI=1S/C19H18F3N3O4/c1-18(2)15(26)13-11(8-28-18)23-16-14(17(27)24-25(16)3)12(13)9-4-6-10(7-5-9)29-19(20,21)22/h4-7,12,23H,8H2,1-3H3,(H,24,27). The monoisotopic (exact) mass is 409 g/mol. The third-order valence-electron chi connectivity index (χ3n) is 5.09. The van der Waals surface area contributed by atoms with E-state index in [1.54, 1.807) is 20.9 Å². The van der Waals surface area contributed by atoms with Crippen LogP contribution in [0.4, 0.5) is 19.0 Å². The molecule has 154 valence electrons. The van der Waals surface area contributed by atoms with Gasteiger partial charge < -0.3 is 14.8 Å². The lowest BCUT2D eigenvalue weighted by atomic mass is 9.76. The fourth-order valence-corrected chi connectivity index (χ4v) is 3.72. The van der Waals surface area contributed by atoms with Crippen molar-refractivity contribution < 1.29 is 27.4 Å². The Labute approximate surface area is 163 Å². The number of nitrogens with one attached hydrogen (secondary N) is 2. The second-order valence-corrected chi connectivity index (χ2v) is 7.46. The number of carbonyl (C=O) groups excluding carboxylic acids is 1. The normalized spacial score (nSPS) is 20.8. The highest BCUT2D eigenvalue weighted by Crippen LogP contribution is 2.44. The Kier molecular flexibility index (Phi) is 4.16. The number of carbonyl (C=O) groups is 1. The number of aromatic nitrogens is 2. The zero-order chi connectivity index (χ0) is 21.1. The van der Waals surface area contributed by atoms with E-state index in [-0.39, 0.29) is 23.7 Å². The van der Waals surface area contributed by atoms with Crippen LogP contribution in [-0.4, -0.2) is 34.1 Å². The number of benzene rings is 1. The Morgan fingerprint density at radius 3 is 2.48 bits per heavy atom. The second-order valence-electron chi connectivity index (χ2n) is 7.46. The molecule has 0 spiro atoms. The summed E-state index contributed by atoms with van der Waals surface area (Å²) in [5.41, 5.74) is 0.238. The van der Waals surface area contributed by atoms with Gasteiger partial charge in [-0.25, -0.2) is 0 Å². The van der Waals surface area contributed by atoms with Crippen molar-refractivity contribution in [3.8, 4) is 5.75 Å². The van der Waals surface area contributed by atoms with E-state index in [1.807, 2.05) is 0 Å². The lowest BCUT2D eigenvalue weighted by Gasteiger charge is -2.38. The van der Waals surface area contributed by atoms with Crippen LogP contribution in [0.25, 0.3) is 0 Å². The van der Waals surface area contributed by atoms with Crippen molar-refractivity contribution in [2.45, 2.75) is 31.7 Å². The van der Waals surface area contributed by atoms with Crippen LogP contribution < -0.4 is 15.6 Å². The lowest BCUT2D eigenvalue weighted by Crippen LogP contribution is -2.45. The van der Waals surface area contributed by atoms with E-state index < -0.39 is 17.9 Å². The number of Topliss-reactive ketones (excluding diaryl/α,β-unsaturated/α-hetero) is 1. The van der Waals surface area contributed by atoms with Crippen LogP contribution in [0.2, 0.25) is 0 Å². The Morgan fingerprint density at radius 1 is 1.21 bits per heavy atom. The molecule has 29 heavy (non-hydrogen) atoms. The molecule has 1 aromatic heterocycles. The predicted octanol–water partition coefficient (Wildman–Crippen LogP) is 2.80. The van der Waals surface area contributed by atoms with Gasteiger partial charge in [-0.2, -0.15) is 0 Å². The summed E-state index contributed by atoms with van der Waals surface area (Å²) in [7, 11) is 1.64. The number of aromatic amines is 1. The number of hydrogen-bond donors (Lipinski definition) is 2. The van der Waals surface area contributed by atoms with Crippen molar-refractivity contribution in [1.82, 2.24) is 9.78 Å². The van der Waals surface area contributed by atoms with Crippen LogP contribution in [0.1, 0.15) is 30.9 Å². The number of nitrogens with zero attached hydrogens (tertiary/aromatic N) is 1. The number of aryl methyl sites for hydroxylation is 1. The molecular weight excluding hydrogens is 391 g/mol. The highest BCUT2D eigenvalue weighted by atomic mass is 19.4. The van der Waals surface area contributed by atoms with Gasteiger partial charge in [-0.3, -0.25) is 19.4 Å². The number of rotatable bonds is 2. The average Bonchev–Trinajstić information content (AvgIpc) is 2.90. The number of alkyl halides is 3. The number of ketones is 1. The van der Waals surface area contributed by atoms with Gasteiger partial charge in [0.15, 0.2) is 5.78 Å². The maximum atomic E-state index is 13.1. The molecule has 0 bridgehead atoms. The molecule has 0 radical (unpaired) electrons. The summed E-state index contributed by atoms with van der Waals surface area (Å²) in [6.07, 6.45) is -4.81. The van der Waals surface area contributed by atoms with Crippen LogP contribution in [0.5, 0.6) is 5.75 Å². The zero-order valence-electron chi connectivity index (χ0n) is 15.8. The Balaban J connectivity index is 1.86. The van der Waals surface area contributed by atoms with Crippen LogP contribution in [-0.2, 0) is 16.6 Å².